The SMILES string of the molecule is CSc1ccccc1NC(=O)CN(C)C(=O)C(C)SCc1nc2sc(C)c(C)c2c(=O)[nH]1. The molecule has 1 atom stereocenters. The number of nitrogens with one attached hydrogen (secondary N) is 2. The summed E-state index contributed by atoms with van der Waals surface area (Å²) in [6, 6.07) is 7.54. The quantitative estimate of drug-likeness (QED) is 0.463. The first-order valence-corrected chi connectivity index (χ1v) is 13.1. The Balaban J connectivity index is 1.57. The Kier molecular flexibility index (Phi) is 8.02. The third kappa shape index (κ3) is 5.54. The van der Waals surface area contributed by atoms with E-state index in [0.717, 1.165) is 25.9 Å². The summed E-state index contributed by atoms with van der Waals surface area (Å²) < 4.78 is 0. The molecule has 3 rings (SSSR count). The Bertz CT molecular complexity index is 1200. The van der Waals surface area contributed by atoms with Crippen LogP contribution in [-0.4, -0.2) is 51.8 Å². The fourth-order valence-electron chi connectivity index (χ4n) is 3.18. The smallest absolute Gasteiger partial charge is 0.259 e. The fourth-order valence-corrected chi connectivity index (χ4v) is 5.65. The Labute approximate surface area is 199 Å². The molecule has 0 bridgehead atoms. The molecule has 0 aliphatic heterocycles. The summed E-state index contributed by atoms with van der Waals surface area (Å²) in [6.45, 7) is 5.65. The molecule has 0 aliphatic carbocycles. The van der Waals surface area contributed by atoms with Crippen LogP contribution in [0, 0.1) is 13.8 Å². The third-order valence-electron chi connectivity index (χ3n) is 5.04. The number of likely N-dealkylation sites (N-methyl/N-ethyl adjacent to an activating group) is 1. The molecule has 7 nitrogen and oxygen atoms in total. The molecule has 32 heavy (non-hydrogen) atoms. The number of aryl methyl sites for hydroxylation is 2. The molecule has 1 unspecified atom stereocenters. The molecule has 0 saturated heterocycles. The molecular formula is C22H26N4O3S3. The van der Waals surface area contributed by atoms with Crippen LogP contribution in [0.25, 0.3) is 10.2 Å². The van der Waals surface area contributed by atoms with Gasteiger partial charge in [0.05, 0.1) is 28.6 Å². The van der Waals surface area contributed by atoms with Crippen LogP contribution in [0.5, 0.6) is 0 Å². The lowest BCUT2D eigenvalue weighted by atomic mass is 10.2. The van der Waals surface area contributed by atoms with E-state index < -0.39 is 0 Å². The van der Waals surface area contributed by atoms with Crippen molar-refractivity contribution >= 4 is 62.6 Å². The molecule has 0 fully saturated rings. The number of carbonyl (C=O) groups excluding carboxylic acids is 2. The normalized spacial score (nSPS) is 12.0. The highest BCUT2D eigenvalue weighted by molar-refractivity contribution is 7.99. The van der Waals surface area contributed by atoms with Crippen LogP contribution in [-0.2, 0) is 15.3 Å². The largest absolute Gasteiger partial charge is 0.335 e. The van der Waals surface area contributed by atoms with Gasteiger partial charge in [0.2, 0.25) is 11.8 Å². The first-order valence-electron chi connectivity index (χ1n) is 9.99. The van der Waals surface area contributed by atoms with Gasteiger partial charge in [0.1, 0.15) is 10.7 Å². The number of fused-ring (bicyclic) bond motifs is 1. The maximum atomic E-state index is 12.7. The number of benzene rings is 1. The number of rotatable bonds is 8. The molecule has 3 aromatic rings. The maximum Gasteiger partial charge on any atom is 0.259 e. The number of hydrogen-bond donors (Lipinski definition) is 2. The van der Waals surface area contributed by atoms with Crippen molar-refractivity contribution in [2.75, 3.05) is 25.2 Å². The first kappa shape index (κ1) is 24.3. The number of thioether (sulfide) groups is 2. The minimum Gasteiger partial charge on any atom is -0.335 e. The van der Waals surface area contributed by atoms with Crippen molar-refractivity contribution in [3.8, 4) is 0 Å². The molecule has 2 heterocycles. The van der Waals surface area contributed by atoms with Crippen LogP contribution in [0.1, 0.15) is 23.2 Å². The van der Waals surface area contributed by atoms with Crippen LogP contribution in [0.3, 0.4) is 0 Å². The average molecular weight is 491 g/mol. The number of aromatic nitrogens is 2. The lowest BCUT2D eigenvalue weighted by Crippen LogP contribution is -2.39. The number of amides is 2. The number of H-pyrrole nitrogens is 1. The average Bonchev–Trinajstić information content (AvgIpc) is 3.05. The van der Waals surface area contributed by atoms with E-state index in [0.29, 0.717) is 17.0 Å². The van der Waals surface area contributed by atoms with Crippen LogP contribution >= 0.6 is 34.9 Å². The number of anilines is 1. The monoisotopic (exact) mass is 490 g/mol. The van der Waals surface area contributed by atoms with Crippen LogP contribution in [0.15, 0.2) is 34.0 Å². The first-order chi connectivity index (χ1) is 15.2. The highest BCUT2D eigenvalue weighted by Gasteiger charge is 2.21. The number of para-hydroxylation sites is 1. The van der Waals surface area contributed by atoms with Gasteiger partial charge in [-0.25, -0.2) is 4.98 Å². The predicted molar refractivity (Wildman–Crippen MR) is 135 cm³/mol. The van der Waals surface area contributed by atoms with Gasteiger partial charge in [-0.15, -0.1) is 34.9 Å². The number of nitrogens with zero attached hydrogens (tertiary/aromatic N) is 2. The Morgan fingerprint density at radius 3 is 2.72 bits per heavy atom. The lowest BCUT2D eigenvalue weighted by Gasteiger charge is -2.21. The van der Waals surface area contributed by atoms with Crippen molar-refractivity contribution in [2.24, 2.45) is 0 Å². The van der Waals surface area contributed by atoms with Gasteiger partial charge in [0.25, 0.3) is 5.56 Å². The van der Waals surface area contributed by atoms with Crippen LogP contribution in [0.4, 0.5) is 5.69 Å². The molecule has 2 aromatic heterocycles. The van der Waals surface area contributed by atoms with Gasteiger partial charge >= 0.3 is 0 Å². The van der Waals surface area contributed by atoms with Gasteiger partial charge in [0.15, 0.2) is 0 Å². The summed E-state index contributed by atoms with van der Waals surface area (Å²) in [7, 11) is 1.61. The van der Waals surface area contributed by atoms with Gasteiger partial charge in [-0.2, -0.15) is 0 Å². The minimum atomic E-state index is -0.390. The van der Waals surface area contributed by atoms with E-state index in [2.05, 4.69) is 15.3 Å². The fraction of sp³-hybridized carbons (Fsp3) is 0.364. The van der Waals surface area contributed by atoms with E-state index in [9.17, 15) is 14.4 Å². The summed E-state index contributed by atoms with van der Waals surface area (Å²) in [5, 5.41) is 3.11. The topological polar surface area (TPSA) is 95.2 Å². The van der Waals surface area contributed by atoms with E-state index in [4.69, 9.17) is 0 Å². The molecule has 1 aromatic carbocycles. The molecule has 2 N–H and O–H groups in total. The highest BCUT2D eigenvalue weighted by Crippen LogP contribution is 2.27. The van der Waals surface area contributed by atoms with Gasteiger partial charge in [0, 0.05) is 16.8 Å². The lowest BCUT2D eigenvalue weighted by molar-refractivity contribution is -0.132. The van der Waals surface area contributed by atoms with Gasteiger partial charge < -0.3 is 15.2 Å². The number of aromatic amines is 1. The van der Waals surface area contributed by atoms with Crippen molar-refractivity contribution in [3.63, 3.8) is 0 Å². The minimum absolute atomic E-state index is 0.0404. The molecule has 2 amide bonds. The van der Waals surface area contributed by atoms with E-state index >= 15 is 0 Å². The zero-order valence-corrected chi connectivity index (χ0v) is 21.1. The molecular weight excluding hydrogens is 464 g/mol. The van der Waals surface area contributed by atoms with Crippen molar-refractivity contribution in [1.82, 2.24) is 14.9 Å². The zero-order valence-electron chi connectivity index (χ0n) is 18.6. The van der Waals surface area contributed by atoms with Gasteiger partial charge in [-0.3, -0.25) is 14.4 Å². The van der Waals surface area contributed by atoms with Crippen molar-refractivity contribution in [1.29, 1.82) is 0 Å². The summed E-state index contributed by atoms with van der Waals surface area (Å²) in [6.07, 6.45) is 1.94. The molecule has 0 saturated carbocycles. The second-order valence-electron chi connectivity index (χ2n) is 7.37. The molecule has 10 heteroatoms. The zero-order chi connectivity index (χ0) is 23.4. The van der Waals surface area contributed by atoms with Gasteiger partial charge in [-0.05, 0) is 44.7 Å². The molecule has 0 radical (unpaired) electrons. The number of carbonyl (C=O) groups is 2. The van der Waals surface area contributed by atoms with E-state index in [1.807, 2.05) is 44.4 Å². The second-order valence-corrected chi connectivity index (χ2v) is 10.8. The summed E-state index contributed by atoms with van der Waals surface area (Å²) in [5.41, 5.74) is 1.55. The van der Waals surface area contributed by atoms with Crippen molar-refractivity contribution in [3.05, 3.63) is 50.9 Å². The molecule has 0 spiro atoms. The van der Waals surface area contributed by atoms with Gasteiger partial charge in [-0.1, -0.05) is 12.1 Å². The Morgan fingerprint density at radius 1 is 1.28 bits per heavy atom. The number of thiophene rings is 1. The summed E-state index contributed by atoms with van der Waals surface area (Å²) >= 11 is 4.42. The molecule has 170 valence electrons. The maximum absolute atomic E-state index is 12.7. The van der Waals surface area contributed by atoms with E-state index in [-0.39, 0.29) is 29.2 Å². The Hall–Kier alpha value is -2.30. The van der Waals surface area contributed by atoms with E-state index in [1.54, 1.807) is 25.7 Å². The summed E-state index contributed by atoms with van der Waals surface area (Å²) in [4.78, 5) is 49.1. The van der Waals surface area contributed by atoms with Crippen LogP contribution < -0.4 is 10.9 Å². The van der Waals surface area contributed by atoms with E-state index in [1.165, 1.54) is 28.0 Å². The summed E-state index contributed by atoms with van der Waals surface area (Å²) in [5.74, 6) is 0.534. The predicted octanol–water partition coefficient (Wildman–Crippen LogP) is 4.04. The van der Waals surface area contributed by atoms with Crippen LogP contribution in [0.2, 0.25) is 0 Å². The molecule has 0 aliphatic rings. The number of hydrogen-bond acceptors (Lipinski definition) is 7. The van der Waals surface area contributed by atoms with Crippen molar-refractivity contribution < 1.29 is 9.59 Å². The van der Waals surface area contributed by atoms with Crippen molar-refractivity contribution in [2.45, 2.75) is 36.7 Å². The standard InChI is InChI=1S/C22H26N4O3S3/c1-12-13(2)32-21-19(12)20(28)24-17(25-21)11-31-14(3)22(29)26(4)10-18(27)23-15-8-6-7-9-16(15)30-5/h6-9,14H,10-11H2,1-5H3,(H,23,27)(H,24,25,28). The second kappa shape index (κ2) is 10.5. The third-order valence-corrected chi connectivity index (χ3v) is 8.08. The highest BCUT2D eigenvalue weighted by atomic mass is 32.2. The Morgan fingerprint density at radius 2 is 2.00 bits per heavy atom.